The topological polar surface area (TPSA) is 70.6 Å². The van der Waals surface area contributed by atoms with E-state index in [9.17, 15) is 4.79 Å². The highest BCUT2D eigenvalue weighted by molar-refractivity contribution is 7.10. The van der Waals surface area contributed by atoms with E-state index in [0.29, 0.717) is 23.8 Å². The fourth-order valence-corrected chi connectivity index (χ4v) is 5.97. The average molecular weight is 512 g/mol. The minimum Gasteiger partial charge on any atom is -0.497 e. The summed E-state index contributed by atoms with van der Waals surface area (Å²) in [5.74, 6) is 2.43. The first-order valence-corrected chi connectivity index (χ1v) is 13.5. The summed E-state index contributed by atoms with van der Waals surface area (Å²) in [6, 6.07) is 22.3. The zero-order chi connectivity index (χ0) is 25.2. The third-order valence-corrected chi connectivity index (χ3v) is 8.14. The van der Waals surface area contributed by atoms with Gasteiger partial charge in [0.15, 0.2) is 5.78 Å². The Bertz CT molecular complexity index is 1370. The van der Waals surface area contributed by atoms with Gasteiger partial charge in [0, 0.05) is 54.8 Å². The number of rotatable bonds is 6. The van der Waals surface area contributed by atoms with Crippen molar-refractivity contribution in [3.05, 3.63) is 88.2 Å². The number of piperazine rings is 1. The van der Waals surface area contributed by atoms with Crippen LogP contribution in [0.1, 0.15) is 33.3 Å². The largest absolute Gasteiger partial charge is 0.497 e. The molecule has 2 aromatic heterocycles. The molecule has 0 spiro atoms. The molecule has 0 radical (unpaired) electrons. The number of ether oxygens (including phenoxy) is 1. The number of hydrogen-bond donors (Lipinski definition) is 1. The van der Waals surface area contributed by atoms with Gasteiger partial charge in [0.25, 0.3) is 0 Å². The number of methoxy groups -OCH3 is 1. The number of aromatic nitrogens is 2. The summed E-state index contributed by atoms with van der Waals surface area (Å²) in [7, 11) is 1.68. The molecule has 1 aliphatic carbocycles. The number of nitrogens with one attached hydrogen (secondary N) is 1. The van der Waals surface area contributed by atoms with Crippen LogP contribution < -0.4 is 19.9 Å². The van der Waals surface area contributed by atoms with Crippen LogP contribution in [0, 0.1) is 0 Å². The highest BCUT2D eigenvalue weighted by Gasteiger charge is 2.33. The van der Waals surface area contributed by atoms with E-state index in [0.717, 1.165) is 49.7 Å². The van der Waals surface area contributed by atoms with E-state index in [1.807, 2.05) is 42.5 Å². The van der Waals surface area contributed by atoms with Gasteiger partial charge in [0.1, 0.15) is 11.6 Å². The van der Waals surface area contributed by atoms with Crippen molar-refractivity contribution in [1.29, 1.82) is 0 Å². The molecule has 37 heavy (non-hydrogen) atoms. The summed E-state index contributed by atoms with van der Waals surface area (Å²) >= 11 is 1.71. The number of carbonyl (C=O) groups excluding carboxylic acids is 1. The highest BCUT2D eigenvalue weighted by atomic mass is 32.1. The highest BCUT2D eigenvalue weighted by Crippen LogP contribution is 2.38. The Morgan fingerprint density at radius 2 is 1.65 bits per heavy atom. The van der Waals surface area contributed by atoms with Crippen LogP contribution in [0.25, 0.3) is 0 Å². The normalized spacial score (nSPS) is 17.4. The molecule has 4 aromatic rings. The Hall–Kier alpha value is -3.91. The molecule has 1 saturated heterocycles. The van der Waals surface area contributed by atoms with Gasteiger partial charge in [-0.15, -0.1) is 11.3 Å². The fraction of sp³-hybridized carbons (Fsp3) is 0.276. The molecule has 8 heteroatoms. The third-order valence-electron chi connectivity index (χ3n) is 7.10. The van der Waals surface area contributed by atoms with Crippen LogP contribution >= 0.6 is 11.3 Å². The molecule has 1 fully saturated rings. The Labute approximate surface area is 220 Å². The third kappa shape index (κ3) is 4.89. The second kappa shape index (κ2) is 10.2. The van der Waals surface area contributed by atoms with Crippen molar-refractivity contribution in [3.63, 3.8) is 0 Å². The molecule has 7 nitrogen and oxygen atoms in total. The molecule has 3 heterocycles. The van der Waals surface area contributed by atoms with Crippen LogP contribution in [0.5, 0.6) is 5.75 Å². The number of nitrogens with zero attached hydrogens (tertiary/aromatic N) is 4. The number of para-hydroxylation sites is 1. The van der Waals surface area contributed by atoms with Gasteiger partial charge in [0.2, 0.25) is 5.95 Å². The molecule has 1 aliphatic heterocycles. The van der Waals surface area contributed by atoms with Crippen molar-refractivity contribution in [2.45, 2.75) is 18.8 Å². The summed E-state index contributed by atoms with van der Waals surface area (Å²) in [5, 5.41) is 5.49. The maximum Gasteiger partial charge on any atom is 0.227 e. The summed E-state index contributed by atoms with van der Waals surface area (Å²) in [5.41, 5.74) is 3.57. The van der Waals surface area contributed by atoms with Crippen LogP contribution in [0.3, 0.4) is 0 Å². The lowest BCUT2D eigenvalue weighted by atomic mass is 9.85. The van der Waals surface area contributed by atoms with E-state index in [1.165, 1.54) is 10.6 Å². The summed E-state index contributed by atoms with van der Waals surface area (Å²) < 4.78 is 5.30. The van der Waals surface area contributed by atoms with Crippen LogP contribution in [-0.2, 0) is 6.42 Å². The van der Waals surface area contributed by atoms with Gasteiger partial charge in [-0.2, -0.15) is 4.98 Å². The van der Waals surface area contributed by atoms with Gasteiger partial charge >= 0.3 is 0 Å². The number of fused-ring (bicyclic) bond motifs is 1. The molecule has 1 atom stereocenters. The van der Waals surface area contributed by atoms with Crippen LogP contribution in [0.2, 0.25) is 0 Å². The standard InChI is InChI=1S/C29H29N5O2S/c1-36-23-11-9-22(10-12-23)33-13-15-34(16-14-33)29-31-24-18-20(26-8-5-17-37-26)19-25(35)27(24)28(32-29)30-21-6-3-2-4-7-21/h2-12,17,20H,13-16,18-19H2,1H3,(H,30,31,32). The van der Waals surface area contributed by atoms with Crippen LogP contribution in [0.15, 0.2) is 72.1 Å². The SMILES string of the molecule is COc1ccc(N2CCN(c3nc4c(c(Nc5ccccc5)n3)C(=O)CC(c3cccs3)C4)CC2)cc1. The summed E-state index contributed by atoms with van der Waals surface area (Å²) in [6.45, 7) is 3.34. The average Bonchev–Trinajstić information content (AvgIpc) is 3.49. The summed E-state index contributed by atoms with van der Waals surface area (Å²) in [6.07, 6.45) is 1.23. The van der Waals surface area contributed by atoms with Crippen molar-refractivity contribution in [3.8, 4) is 5.75 Å². The predicted octanol–water partition coefficient (Wildman–Crippen LogP) is 5.53. The summed E-state index contributed by atoms with van der Waals surface area (Å²) in [4.78, 5) is 29.1. The maximum absolute atomic E-state index is 13.4. The minimum absolute atomic E-state index is 0.106. The van der Waals surface area contributed by atoms with Crippen molar-refractivity contribution >= 4 is 40.3 Å². The van der Waals surface area contributed by atoms with Crippen LogP contribution in [0.4, 0.5) is 23.1 Å². The second-order valence-corrected chi connectivity index (χ2v) is 10.4. The molecule has 6 rings (SSSR count). The van der Waals surface area contributed by atoms with E-state index in [1.54, 1.807) is 18.4 Å². The first-order chi connectivity index (χ1) is 18.2. The number of thiophene rings is 1. The monoisotopic (exact) mass is 511 g/mol. The lowest BCUT2D eigenvalue weighted by Crippen LogP contribution is -2.47. The fourth-order valence-electron chi connectivity index (χ4n) is 5.14. The number of hydrogen-bond acceptors (Lipinski definition) is 8. The molecule has 1 unspecified atom stereocenters. The van der Waals surface area contributed by atoms with E-state index in [-0.39, 0.29) is 11.7 Å². The maximum atomic E-state index is 13.4. The van der Waals surface area contributed by atoms with E-state index < -0.39 is 0 Å². The van der Waals surface area contributed by atoms with Gasteiger partial charge in [-0.25, -0.2) is 4.98 Å². The minimum atomic E-state index is 0.106. The van der Waals surface area contributed by atoms with Gasteiger partial charge < -0.3 is 19.9 Å². The van der Waals surface area contributed by atoms with Gasteiger partial charge in [-0.1, -0.05) is 24.3 Å². The molecule has 0 saturated carbocycles. The quantitative estimate of drug-likeness (QED) is 0.365. The van der Waals surface area contributed by atoms with Gasteiger partial charge in [0.05, 0.1) is 18.4 Å². The van der Waals surface area contributed by atoms with E-state index in [4.69, 9.17) is 14.7 Å². The van der Waals surface area contributed by atoms with E-state index >= 15 is 0 Å². The lowest BCUT2D eigenvalue weighted by Gasteiger charge is -2.36. The molecular formula is C29H29N5O2S. The van der Waals surface area contributed by atoms with Crippen LogP contribution in [-0.4, -0.2) is 49.0 Å². The Morgan fingerprint density at radius 1 is 0.892 bits per heavy atom. The predicted molar refractivity (Wildman–Crippen MR) is 149 cm³/mol. The molecular weight excluding hydrogens is 482 g/mol. The second-order valence-electron chi connectivity index (χ2n) is 9.40. The molecule has 1 N–H and O–H groups in total. The lowest BCUT2D eigenvalue weighted by molar-refractivity contribution is 0.0964. The van der Waals surface area contributed by atoms with Gasteiger partial charge in [-0.3, -0.25) is 4.79 Å². The Kier molecular flexibility index (Phi) is 6.49. The number of benzene rings is 2. The smallest absolute Gasteiger partial charge is 0.227 e. The number of ketones is 1. The van der Waals surface area contributed by atoms with Crippen molar-refractivity contribution < 1.29 is 9.53 Å². The molecule has 188 valence electrons. The molecule has 0 bridgehead atoms. The van der Waals surface area contributed by atoms with E-state index in [2.05, 4.69) is 44.8 Å². The van der Waals surface area contributed by atoms with Gasteiger partial charge in [-0.05, 0) is 54.3 Å². The number of carbonyl (C=O) groups is 1. The first kappa shape index (κ1) is 23.5. The van der Waals surface area contributed by atoms with Crippen molar-refractivity contribution in [2.75, 3.05) is 48.4 Å². The zero-order valence-electron chi connectivity index (χ0n) is 20.8. The zero-order valence-corrected chi connectivity index (χ0v) is 21.6. The first-order valence-electron chi connectivity index (χ1n) is 12.6. The molecule has 2 aliphatic rings. The number of Topliss-reactive ketones (excluding diaryl/α,β-unsaturated/α-hetero) is 1. The Morgan fingerprint density at radius 3 is 2.35 bits per heavy atom. The molecule has 0 amide bonds. The van der Waals surface area contributed by atoms with Crippen molar-refractivity contribution in [1.82, 2.24) is 9.97 Å². The van der Waals surface area contributed by atoms with Crippen molar-refractivity contribution in [2.24, 2.45) is 0 Å². The molecule has 2 aromatic carbocycles. The number of anilines is 4. The Balaban J connectivity index is 1.28.